The first-order valence-corrected chi connectivity index (χ1v) is 9.98. The molecule has 1 fully saturated rings. The smallest absolute Gasteiger partial charge is 0.346 e. The summed E-state index contributed by atoms with van der Waals surface area (Å²) in [5.74, 6) is 2.96. The molecule has 2 N–H and O–H groups in total. The number of H-pyrrole nitrogens is 1. The van der Waals surface area contributed by atoms with E-state index in [1.807, 2.05) is 12.1 Å². The van der Waals surface area contributed by atoms with Gasteiger partial charge >= 0.3 is 5.63 Å². The summed E-state index contributed by atoms with van der Waals surface area (Å²) in [7, 11) is 0. The summed E-state index contributed by atoms with van der Waals surface area (Å²) in [5.41, 5.74) is 2.91. The molecule has 2 aliphatic rings. The number of nitrogens with zero attached hydrogens (tertiary/aromatic N) is 3. The van der Waals surface area contributed by atoms with Crippen molar-refractivity contribution in [2.24, 2.45) is 11.8 Å². The summed E-state index contributed by atoms with van der Waals surface area (Å²) in [6.45, 7) is 4.83. The number of aromatic nitrogens is 4. The van der Waals surface area contributed by atoms with E-state index in [1.165, 1.54) is 11.9 Å². The fourth-order valence-corrected chi connectivity index (χ4v) is 4.35. The molecule has 8 nitrogen and oxygen atoms in total. The van der Waals surface area contributed by atoms with Gasteiger partial charge in [0.1, 0.15) is 35.0 Å². The lowest BCUT2D eigenvalue weighted by Crippen LogP contribution is -2.35. The predicted octanol–water partition coefficient (Wildman–Crippen LogP) is 3.31. The van der Waals surface area contributed by atoms with Crippen molar-refractivity contribution < 1.29 is 9.15 Å². The molecule has 8 heteroatoms. The van der Waals surface area contributed by atoms with Crippen LogP contribution in [0.3, 0.4) is 0 Å². The average Bonchev–Trinajstić information content (AvgIpc) is 3.19. The molecular formula is C21H23N5O3. The van der Waals surface area contributed by atoms with E-state index in [-0.39, 0.29) is 11.7 Å². The van der Waals surface area contributed by atoms with Gasteiger partial charge in [0, 0.05) is 12.6 Å². The molecule has 1 unspecified atom stereocenters. The minimum atomic E-state index is -0.319. The quantitative estimate of drug-likeness (QED) is 0.700. The average molecular weight is 393 g/mol. The Morgan fingerprint density at radius 2 is 2.24 bits per heavy atom. The zero-order chi connectivity index (χ0) is 20.0. The van der Waals surface area contributed by atoms with Crippen LogP contribution in [0.5, 0.6) is 5.75 Å². The number of fused-ring (bicyclic) bond motifs is 3. The highest BCUT2D eigenvalue weighted by molar-refractivity contribution is 5.81. The van der Waals surface area contributed by atoms with E-state index in [2.05, 4.69) is 32.2 Å². The highest BCUT2D eigenvalue weighted by Gasteiger charge is 2.34. The number of hydrogen-bond donors (Lipinski definition) is 2. The Morgan fingerprint density at radius 1 is 1.34 bits per heavy atom. The number of aromatic amines is 1. The van der Waals surface area contributed by atoms with Crippen LogP contribution in [0.25, 0.3) is 17.2 Å². The summed E-state index contributed by atoms with van der Waals surface area (Å²) >= 11 is 0. The lowest BCUT2D eigenvalue weighted by atomic mass is 9.76. The Morgan fingerprint density at radius 3 is 3.14 bits per heavy atom. The van der Waals surface area contributed by atoms with Crippen molar-refractivity contribution in [3.8, 4) is 5.75 Å². The summed E-state index contributed by atoms with van der Waals surface area (Å²) in [5, 5.41) is 3.44. The summed E-state index contributed by atoms with van der Waals surface area (Å²) in [6.07, 6.45) is 8.11. The van der Waals surface area contributed by atoms with Crippen molar-refractivity contribution >= 4 is 23.1 Å². The maximum Gasteiger partial charge on any atom is 0.346 e. The number of ether oxygens (including phenoxy) is 1. The van der Waals surface area contributed by atoms with E-state index in [0.717, 1.165) is 37.1 Å². The molecule has 0 spiro atoms. The van der Waals surface area contributed by atoms with E-state index in [4.69, 9.17) is 9.15 Å². The van der Waals surface area contributed by atoms with Crippen LogP contribution in [-0.2, 0) is 0 Å². The van der Waals surface area contributed by atoms with Crippen LogP contribution in [0.1, 0.15) is 37.5 Å². The molecule has 4 heterocycles. The number of rotatable bonds is 4. The summed E-state index contributed by atoms with van der Waals surface area (Å²) < 4.78 is 11.4. The third-order valence-corrected chi connectivity index (χ3v) is 6.03. The normalized spacial score (nSPS) is 21.7. The first-order chi connectivity index (χ1) is 14.1. The SMILES string of the molecule is Cc1cc2c(c(=O)o1)C=C1CC[C@H](C(C)CNc3ncnc4nc[nH]c34)C[C@@H]1O2. The van der Waals surface area contributed by atoms with Gasteiger partial charge in [-0.15, -0.1) is 0 Å². The maximum absolute atomic E-state index is 12.1. The molecule has 0 amide bonds. The summed E-state index contributed by atoms with van der Waals surface area (Å²) in [4.78, 5) is 27.9. The standard InChI is InChI=1S/C21H23N5O3/c1-11(8-22-19-18-20(24-9-23-18)26-10-25-19)13-3-4-14-6-15-17(29-16(14)7-13)5-12(2)28-21(15)27/h5-6,9-11,13,16H,3-4,7-8H2,1-2H3,(H2,22,23,24,25,26)/t11?,13-,16-/m0/s1. The van der Waals surface area contributed by atoms with Gasteiger partial charge in [-0.05, 0) is 49.7 Å². The first-order valence-electron chi connectivity index (χ1n) is 9.98. The van der Waals surface area contributed by atoms with Crippen molar-refractivity contribution in [3.63, 3.8) is 0 Å². The molecule has 3 atom stereocenters. The lowest BCUT2D eigenvalue weighted by molar-refractivity contribution is 0.144. The Kier molecular flexibility index (Phi) is 4.34. The highest BCUT2D eigenvalue weighted by Crippen LogP contribution is 2.40. The van der Waals surface area contributed by atoms with Crippen molar-refractivity contribution in [1.29, 1.82) is 0 Å². The number of anilines is 1. The van der Waals surface area contributed by atoms with Gasteiger partial charge in [-0.3, -0.25) is 0 Å². The monoisotopic (exact) mass is 393 g/mol. The second-order valence-corrected chi connectivity index (χ2v) is 7.96. The van der Waals surface area contributed by atoms with Crippen LogP contribution in [-0.4, -0.2) is 32.6 Å². The van der Waals surface area contributed by atoms with Crippen molar-refractivity contribution in [3.05, 3.63) is 46.0 Å². The van der Waals surface area contributed by atoms with Gasteiger partial charge in [0.2, 0.25) is 0 Å². The molecule has 29 heavy (non-hydrogen) atoms. The van der Waals surface area contributed by atoms with E-state index >= 15 is 0 Å². The van der Waals surface area contributed by atoms with Gasteiger partial charge in [-0.1, -0.05) is 6.92 Å². The van der Waals surface area contributed by atoms with Gasteiger partial charge in [0.15, 0.2) is 11.5 Å². The number of aryl methyl sites for hydroxylation is 1. The van der Waals surface area contributed by atoms with E-state index in [1.54, 1.807) is 13.3 Å². The molecule has 0 bridgehead atoms. The van der Waals surface area contributed by atoms with E-state index < -0.39 is 0 Å². The molecular weight excluding hydrogens is 370 g/mol. The van der Waals surface area contributed by atoms with Crippen LogP contribution in [0.15, 0.2) is 33.5 Å². The number of imidazole rings is 1. The first kappa shape index (κ1) is 17.9. The second-order valence-electron chi connectivity index (χ2n) is 7.96. The number of hydrogen-bond acceptors (Lipinski definition) is 7. The van der Waals surface area contributed by atoms with E-state index in [0.29, 0.717) is 34.6 Å². The van der Waals surface area contributed by atoms with Gasteiger partial charge in [0.05, 0.1) is 6.33 Å². The fraction of sp³-hybridized carbons (Fsp3) is 0.429. The number of nitrogens with one attached hydrogen (secondary N) is 2. The molecule has 5 rings (SSSR count). The van der Waals surface area contributed by atoms with Crippen LogP contribution >= 0.6 is 0 Å². The van der Waals surface area contributed by atoms with Crippen LogP contribution in [0.2, 0.25) is 0 Å². The molecule has 0 radical (unpaired) electrons. The molecule has 3 aromatic rings. The fourth-order valence-electron chi connectivity index (χ4n) is 4.35. The van der Waals surface area contributed by atoms with Gasteiger partial charge in [-0.2, -0.15) is 0 Å². The lowest BCUT2D eigenvalue weighted by Gasteiger charge is -2.37. The maximum atomic E-state index is 12.1. The predicted molar refractivity (Wildman–Crippen MR) is 109 cm³/mol. The molecule has 3 aromatic heterocycles. The van der Waals surface area contributed by atoms with Gasteiger partial charge in [-0.25, -0.2) is 19.7 Å². The van der Waals surface area contributed by atoms with Crippen LogP contribution in [0, 0.1) is 18.8 Å². The van der Waals surface area contributed by atoms with Crippen LogP contribution < -0.4 is 15.7 Å². The van der Waals surface area contributed by atoms with Crippen LogP contribution in [0.4, 0.5) is 5.82 Å². The Hall–Kier alpha value is -3.16. The largest absolute Gasteiger partial charge is 0.485 e. The van der Waals surface area contributed by atoms with Crippen molar-refractivity contribution in [2.75, 3.05) is 11.9 Å². The highest BCUT2D eigenvalue weighted by atomic mass is 16.5. The Labute approximate surface area is 167 Å². The van der Waals surface area contributed by atoms with E-state index in [9.17, 15) is 4.79 Å². The Balaban J connectivity index is 1.27. The van der Waals surface area contributed by atoms with Crippen molar-refractivity contribution in [2.45, 2.75) is 39.2 Å². The Bertz CT molecular complexity index is 1150. The minimum Gasteiger partial charge on any atom is -0.485 e. The molecule has 0 saturated heterocycles. The molecule has 1 saturated carbocycles. The third kappa shape index (κ3) is 3.28. The summed E-state index contributed by atoms with van der Waals surface area (Å²) in [6, 6.07) is 1.81. The zero-order valence-corrected chi connectivity index (χ0v) is 16.4. The zero-order valence-electron chi connectivity index (χ0n) is 16.4. The van der Waals surface area contributed by atoms with Gasteiger partial charge in [0.25, 0.3) is 0 Å². The molecule has 1 aliphatic carbocycles. The van der Waals surface area contributed by atoms with Crippen molar-refractivity contribution in [1.82, 2.24) is 19.9 Å². The molecule has 1 aliphatic heterocycles. The third-order valence-electron chi connectivity index (χ3n) is 6.03. The topological polar surface area (TPSA) is 106 Å². The molecule has 0 aromatic carbocycles. The second kappa shape index (κ2) is 7.02. The molecule has 150 valence electrons. The van der Waals surface area contributed by atoms with Gasteiger partial charge < -0.3 is 19.5 Å². The minimum absolute atomic E-state index is 0.0308.